The van der Waals surface area contributed by atoms with Gasteiger partial charge in [0.05, 0.1) is 0 Å². The highest BCUT2D eigenvalue weighted by atomic mass is 16.5. The number of hydrogen-bond donors (Lipinski definition) is 2. The number of piperidine rings is 3. The van der Waals surface area contributed by atoms with E-state index in [2.05, 4.69) is 22.3 Å². The summed E-state index contributed by atoms with van der Waals surface area (Å²) < 4.78 is 5.84. The predicted octanol–water partition coefficient (Wildman–Crippen LogP) is 3.57. The highest BCUT2D eigenvalue weighted by Crippen LogP contribution is 2.30. The molecule has 2 bridgehead atoms. The number of ether oxygens (including phenoxy) is 1. The normalized spacial score (nSPS) is 26.0. The molecule has 0 aliphatic carbocycles. The van der Waals surface area contributed by atoms with Gasteiger partial charge in [-0.15, -0.1) is 0 Å². The van der Waals surface area contributed by atoms with Crippen LogP contribution in [0.3, 0.4) is 0 Å². The number of benzene rings is 2. The van der Waals surface area contributed by atoms with E-state index >= 15 is 0 Å². The van der Waals surface area contributed by atoms with Crippen LogP contribution in [0.1, 0.15) is 12.8 Å². The molecule has 3 N–H and O–H groups in total. The summed E-state index contributed by atoms with van der Waals surface area (Å²) in [5.74, 6) is 2.47. The van der Waals surface area contributed by atoms with Gasteiger partial charge in [-0.1, -0.05) is 0 Å². The number of nitrogens with two attached hydrogens (primary N) is 1. The molecule has 0 aromatic heterocycles. The van der Waals surface area contributed by atoms with Crippen molar-refractivity contribution in [3.8, 4) is 11.5 Å². The molecule has 120 valence electrons. The Hall–Kier alpha value is -2.20. The fourth-order valence-electron chi connectivity index (χ4n) is 3.63. The summed E-state index contributed by atoms with van der Waals surface area (Å²) in [4.78, 5) is 2.57. The zero-order chi connectivity index (χ0) is 15.6. The molecule has 0 radical (unpaired) electrons. The fourth-order valence-corrected chi connectivity index (χ4v) is 3.63. The zero-order valence-corrected chi connectivity index (χ0v) is 13.2. The van der Waals surface area contributed by atoms with Crippen LogP contribution >= 0.6 is 0 Å². The van der Waals surface area contributed by atoms with E-state index in [4.69, 9.17) is 10.5 Å². The predicted molar refractivity (Wildman–Crippen MR) is 93.9 cm³/mol. The smallest absolute Gasteiger partial charge is 0.127 e. The average Bonchev–Trinajstić information content (AvgIpc) is 2.60. The van der Waals surface area contributed by atoms with Crippen LogP contribution in [-0.2, 0) is 0 Å². The molecule has 3 aliphatic heterocycles. The van der Waals surface area contributed by atoms with E-state index in [0.29, 0.717) is 6.04 Å². The molecule has 0 amide bonds. The van der Waals surface area contributed by atoms with E-state index in [0.717, 1.165) is 23.1 Å². The fraction of sp³-hybridized carbons (Fsp3) is 0.368. The van der Waals surface area contributed by atoms with E-state index in [9.17, 15) is 0 Å². The third-order valence-electron chi connectivity index (χ3n) is 4.98. The highest BCUT2D eigenvalue weighted by molar-refractivity contribution is 5.49. The first kappa shape index (κ1) is 14.4. The van der Waals surface area contributed by atoms with Gasteiger partial charge in [0.15, 0.2) is 0 Å². The highest BCUT2D eigenvalue weighted by Gasteiger charge is 2.33. The number of fused-ring (bicyclic) bond motifs is 3. The van der Waals surface area contributed by atoms with E-state index in [-0.39, 0.29) is 0 Å². The van der Waals surface area contributed by atoms with Gasteiger partial charge in [-0.3, -0.25) is 0 Å². The standard InChI is InChI=1S/C19H23N3O/c20-15-1-5-17(6-2-15)23-18-7-3-16(4-8-18)21-19-13-22-11-9-14(19)10-12-22/h1-8,14,19,21H,9-13,20H2. The lowest BCUT2D eigenvalue weighted by Gasteiger charge is -2.45. The number of nitrogens with zero attached hydrogens (tertiary/aromatic N) is 1. The number of nitrogen functional groups attached to an aromatic ring is 1. The molecule has 4 nitrogen and oxygen atoms in total. The third-order valence-corrected chi connectivity index (χ3v) is 4.98. The van der Waals surface area contributed by atoms with Gasteiger partial charge in [0.1, 0.15) is 11.5 Å². The Morgan fingerprint density at radius 3 is 2.09 bits per heavy atom. The van der Waals surface area contributed by atoms with Crippen molar-refractivity contribution in [1.29, 1.82) is 0 Å². The van der Waals surface area contributed by atoms with Crippen molar-refractivity contribution in [2.45, 2.75) is 18.9 Å². The lowest BCUT2D eigenvalue weighted by atomic mass is 9.84. The maximum Gasteiger partial charge on any atom is 0.127 e. The molecule has 3 aliphatic rings. The molecule has 3 heterocycles. The molecule has 5 rings (SSSR count). The molecule has 1 atom stereocenters. The molecule has 2 aromatic rings. The Kier molecular flexibility index (Phi) is 3.83. The first-order chi connectivity index (χ1) is 11.3. The van der Waals surface area contributed by atoms with Crippen LogP contribution in [0.4, 0.5) is 11.4 Å². The summed E-state index contributed by atoms with van der Waals surface area (Å²) in [6, 6.07) is 16.3. The lowest BCUT2D eigenvalue weighted by Crippen LogP contribution is -2.53. The number of nitrogens with one attached hydrogen (secondary N) is 1. The van der Waals surface area contributed by atoms with Crippen LogP contribution in [0.25, 0.3) is 0 Å². The van der Waals surface area contributed by atoms with E-state index in [1.54, 1.807) is 0 Å². The average molecular weight is 309 g/mol. The minimum Gasteiger partial charge on any atom is -0.457 e. The number of rotatable bonds is 4. The van der Waals surface area contributed by atoms with E-state index < -0.39 is 0 Å². The zero-order valence-electron chi connectivity index (χ0n) is 13.2. The van der Waals surface area contributed by atoms with Crippen LogP contribution in [-0.4, -0.2) is 30.6 Å². The van der Waals surface area contributed by atoms with E-state index in [1.807, 2.05) is 36.4 Å². The van der Waals surface area contributed by atoms with Crippen molar-refractivity contribution in [3.63, 3.8) is 0 Å². The second-order valence-electron chi connectivity index (χ2n) is 6.58. The van der Waals surface area contributed by atoms with Crippen molar-refractivity contribution in [2.75, 3.05) is 30.7 Å². The maximum atomic E-state index is 5.84. The van der Waals surface area contributed by atoms with Crippen LogP contribution in [0.5, 0.6) is 11.5 Å². The number of hydrogen-bond acceptors (Lipinski definition) is 4. The molecular weight excluding hydrogens is 286 g/mol. The Morgan fingerprint density at radius 1 is 0.913 bits per heavy atom. The van der Waals surface area contributed by atoms with Crippen LogP contribution in [0.15, 0.2) is 48.5 Å². The van der Waals surface area contributed by atoms with Crippen LogP contribution in [0, 0.1) is 5.92 Å². The van der Waals surface area contributed by atoms with Crippen LogP contribution in [0.2, 0.25) is 0 Å². The van der Waals surface area contributed by atoms with Crippen molar-refractivity contribution >= 4 is 11.4 Å². The minimum atomic E-state index is 0.585. The van der Waals surface area contributed by atoms with Crippen molar-refractivity contribution in [1.82, 2.24) is 4.90 Å². The van der Waals surface area contributed by atoms with Gasteiger partial charge in [-0.2, -0.15) is 0 Å². The summed E-state index contributed by atoms with van der Waals surface area (Å²) in [5.41, 5.74) is 7.61. The Bertz CT molecular complexity index is 645. The topological polar surface area (TPSA) is 50.5 Å². The monoisotopic (exact) mass is 309 g/mol. The summed E-state index contributed by atoms with van der Waals surface area (Å²) in [6.07, 6.45) is 2.66. The summed E-state index contributed by atoms with van der Waals surface area (Å²) >= 11 is 0. The molecule has 3 saturated heterocycles. The molecule has 3 fully saturated rings. The van der Waals surface area contributed by atoms with Gasteiger partial charge in [0.2, 0.25) is 0 Å². The Labute approximate surface area is 137 Å². The molecular formula is C19H23N3O. The molecule has 4 heteroatoms. The van der Waals surface area contributed by atoms with Gasteiger partial charge in [0.25, 0.3) is 0 Å². The molecule has 0 spiro atoms. The summed E-state index contributed by atoms with van der Waals surface area (Å²) in [7, 11) is 0. The van der Waals surface area contributed by atoms with Gasteiger partial charge in [-0.25, -0.2) is 0 Å². The molecule has 0 saturated carbocycles. The van der Waals surface area contributed by atoms with Crippen LogP contribution < -0.4 is 15.8 Å². The largest absolute Gasteiger partial charge is 0.457 e. The van der Waals surface area contributed by atoms with Crippen molar-refractivity contribution in [2.24, 2.45) is 5.92 Å². The third kappa shape index (κ3) is 3.27. The first-order valence-electron chi connectivity index (χ1n) is 8.39. The first-order valence-corrected chi connectivity index (χ1v) is 8.39. The van der Waals surface area contributed by atoms with E-state index in [1.165, 1.54) is 38.2 Å². The number of anilines is 2. The second kappa shape index (κ2) is 6.13. The summed E-state index contributed by atoms with van der Waals surface area (Å²) in [6.45, 7) is 3.72. The SMILES string of the molecule is Nc1ccc(Oc2ccc(NC3CN4CCC3CC4)cc2)cc1. The summed E-state index contributed by atoms with van der Waals surface area (Å²) in [5, 5.41) is 3.70. The van der Waals surface area contributed by atoms with Crippen molar-refractivity contribution in [3.05, 3.63) is 48.5 Å². The Balaban J connectivity index is 1.39. The quantitative estimate of drug-likeness (QED) is 0.848. The van der Waals surface area contributed by atoms with Gasteiger partial charge < -0.3 is 20.7 Å². The van der Waals surface area contributed by atoms with Crippen molar-refractivity contribution < 1.29 is 4.74 Å². The molecule has 1 unspecified atom stereocenters. The molecule has 2 aromatic carbocycles. The minimum absolute atomic E-state index is 0.585. The van der Waals surface area contributed by atoms with Gasteiger partial charge >= 0.3 is 0 Å². The lowest BCUT2D eigenvalue weighted by molar-refractivity contribution is 0.0975. The maximum absolute atomic E-state index is 5.84. The van der Waals surface area contributed by atoms with Gasteiger partial charge in [-0.05, 0) is 80.4 Å². The Morgan fingerprint density at radius 2 is 1.52 bits per heavy atom. The van der Waals surface area contributed by atoms with Gasteiger partial charge in [0, 0.05) is 24.0 Å². The molecule has 23 heavy (non-hydrogen) atoms. The second-order valence-corrected chi connectivity index (χ2v) is 6.58.